The number of halogens is 3. The summed E-state index contributed by atoms with van der Waals surface area (Å²) >= 11 is 0. The molecule has 2 aromatic carbocycles. The summed E-state index contributed by atoms with van der Waals surface area (Å²) in [6.07, 6.45) is 0.688. The molecule has 0 bridgehead atoms. The van der Waals surface area contributed by atoms with E-state index in [0.717, 1.165) is 11.3 Å². The van der Waals surface area contributed by atoms with Gasteiger partial charge in [0.05, 0.1) is 17.5 Å². The number of aromatic nitrogens is 2. The van der Waals surface area contributed by atoms with E-state index in [4.69, 9.17) is 4.42 Å². The fourth-order valence-corrected chi connectivity index (χ4v) is 3.79. The normalized spacial score (nSPS) is 14.4. The second-order valence-electron chi connectivity index (χ2n) is 7.61. The van der Waals surface area contributed by atoms with E-state index in [0.29, 0.717) is 17.5 Å². The van der Waals surface area contributed by atoms with Crippen molar-refractivity contribution in [2.45, 2.75) is 31.5 Å². The summed E-state index contributed by atoms with van der Waals surface area (Å²) in [7, 11) is 0. The molecule has 1 saturated carbocycles. The number of furan rings is 1. The molecule has 158 valence electrons. The molecule has 0 amide bonds. The number of H-pyrrole nitrogens is 1. The number of ether oxygens (including phenoxy) is 1. The van der Waals surface area contributed by atoms with Crippen LogP contribution in [0.25, 0.3) is 34.2 Å². The molecule has 1 aliphatic carbocycles. The van der Waals surface area contributed by atoms with Crippen LogP contribution in [0.3, 0.4) is 0 Å². The molecule has 0 spiro atoms. The van der Waals surface area contributed by atoms with Crippen molar-refractivity contribution in [2.24, 2.45) is 0 Å². The maximum Gasteiger partial charge on any atom is 0.573 e. The van der Waals surface area contributed by atoms with E-state index in [2.05, 4.69) is 26.8 Å². The van der Waals surface area contributed by atoms with Gasteiger partial charge in [-0.2, -0.15) is 0 Å². The highest BCUT2D eigenvalue weighted by molar-refractivity contribution is 5.69. The van der Waals surface area contributed by atoms with Crippen LogP contribution in [-0.2, 0) is 0 Å². The van der Waals surface area contributed by atoms with E-state index in [1.54, 1.807) is 24.4 Å². The van der Waals surface area contributed by atoms with Crippen LogP contribution in [0.2, 0.25) is 0 Å². The summed E-state index contributed by atoms with van der Waals surface area (Å²) in [5, 5.41) is 0. The molecule has 5 rings (SSSR count). The van der Waals surface area contributed by atoms with E-state index in [1.165, 1.54) is 43.0 Å². The Bertz CT molecular complexity index is 1210. The van der Waals surface area contributed by atoms with Crippen LogP contribution in [0.4, 0.5) is 13.2 Å². The SMILES string of the molecule is FC(F)(F)Oc1ccccc1-c1ccc(-c2ncc(-c3cccc(C4CCC4)c3)[nH]2)o1. The molecular formula is C24H19F3N2O2. The zero-order valence-electron chi connectivity index (χ0n) is 16.4. The number of rotatable bonds is 5. The van der Waals surface area contributed by atoms with Gasteiger partial charge in [0.25, 0.3) is 0 Å². The number of hydrogen-bond acceptors (Lipinski definition) is 3. The summed E-state index contributed by atoms with van der Waals surface area (Å²) in [6.45, 7) is 0. The van der Waals surface area contributed by atoms with Crippen molar-refractivity contribution in [3.05, 3.63) is 72.4 Å². The Labute approximate surface area is 176 Å². The van der Waals surface area contributed by atoms with Crippen molar-refractivity contribution < 1.29 is 22.3 Å². The van der Waals surface area contributed by atoms with Gasteiger partial charge in [-0.05, 0) is 60.2 Å². The van der Waals surface area contributed by atoms with Crippen molar-refractivity contribution in [1.29, 1.82) is 0 Å². The van der Waals surface area contributed by atoms with Crippen molar-refractivity contribution >= 4 is 0 Å². The molecule has 1 fully saturated rings. The lowest BCUT2D eigenvalue weighted by Crippen LogP contribution is -2.17. The minimum absolute atomic E-state index is 0.214. The van der Waals surface area contributed by atoms with Gasteiger partial charge in [-0.1, -0.05) is 36.8 Å². The molecule has 1 N–H and O–H groups in total. The van der Waals surface area contributed by atoms with Crippen LogP contribution in [-0.4, -0.2) is 16.3 Å². The van der Waals surface area contributed by atoms with Crippen LogP contribution in [0, 0.1) is 0 Å². The number of benzene rings is 2. The minimum Gasteiger partial charge on any atom is -0.453 e. The number of nitrogens with zero attached hydrogens (tertiary/aromatic N) is 1. The zero-order chi connectivity index (χ0) is 21.4. The van der Waals surface area contributed by atoms with Gasteiger partial charge in [0.15, 0.2) is 11.6 Å². The van der Waals surface area contributed by atoms with Crippen molar-refractivity contribution in [1.82, 2.24) is 9.97 Å². The van der Waals surface area contributed by atoms with E-state index >= 15 is 0 Å². The number of nitrogens with one attached hydrogen (secondary N) is 1. The predicted molar refractivity (Wildman–Crippen MR) is 110 cm³/mol. The first kappa shape index (κ1) is 19.5. The number of para-hydroxylation sites is 1. The molecule has 7 heteroatoms. The Morgan fingerprint density at radius 2 is 1.77 bits per heavy atom. The first-order valence-corrected chi connectivity index (χ1v) is 10.1. The first-order valence-electron chi connectivity index (χ1n) is 10.1. The van der Waals surface area contributed by atoms with Crippen molar-refractivity contribution in [2.75, 3.05) is 0 Å². The molecule has 0 aliphatic heterocycles. The van der Waals surface area contributed by atoms with Crippen LogP contribution in [0.1, 0.15) is 30.7 Å². The monoisotopic (exact) mass is 424 g/mol. The number of alkyl halides is 3. The number of aromatic amines is 1. The highest BCUT2D eigenvalue weighted by Crippen LogP contribution is 2.38. The maximum absolute atomic E-state index is 12.7. The van der Waals surface area contributed by atoms with E-state index in [1.807, 2.05) is 12.1 Å². The first-order chi connectivity index (χ1) is 15.0. The van der Waals surface area contributed by atoms with E-state index in [9.17, 15) is 13.2 Å². The average molecular weight is 424 g/mol. The standard InChI is InChI=1S/C24H19F3N2O2/c25-24(26,27)31-21-10-2-1-9-18(21)20-11-12-22(30-20)23-28-14-19(29-23)17-8-4-7-16(13-17)15-5-3-6-15/h1-2,4,7-15H,3,5-6H2,(H,28,29). The third kappa shape index (κ3) is 4.08. The van der Waals surface area contributed by atoms with Gasteiger partial charge in [0, 0.05) is 0 Å². The Hall–Kier alpha value is -3.48. The lowest BCUT2D eigenvalue weighted by molar-refractivity contribution is -0.274. The van der Waals surface area contributed by atoms with Gasteiger partial charge in [-0.3, -0.25) is 0 Å². The van der Waals surface area contributed by atoms with Gasteiger partial charge in [-0.25, -0.2) is 4.98 Å². The summed E-state index contributed by atoms with van der Waals surface area (Å²) in [5.74, 6) is 1.51. The third-order valence-electron chi connectivity index (χ3n) is 5.57. The van der Waals surface area contributed by atoms with Crippen molar-refractivity contribution in [3.63, 3.8) is 0 Å². The summed E-state index contributed by atoms with van der Waals surface area (Å²) in [5.41, 5.74) is 3.45. The van der Waals surface area contributed by atoms with Crippen molar-refractivity contribution in [3.8, 4) is 39.9 Å². The molecule has 0 unspecified atom stereocenters. The van der Waals surface area contributed by atoms with Crippen LogP contribution in [0.5, 0.6) is 5.75 Å². The molecule has 2 aromatic heterocycles. The highest BCUT2D eigenvalue weighted by Gasteiger charge is 2.32. The van der Waals surface area contributed by atoms with Crippen LogP contribution >= 0.6 is 0 Å². The van der Waals surface area contributed by atoms with Gasteiger partial charge in [0.2, 0.25) is 0 Å². The topological polar surface area (TPSA) is 51.0 Å². The fourth-order valence-electron chi connectivity index (χ4n) is 3.79. The van der Waals surface area contributed by atoms with E-state index < -0.39 is 6.36 Å². The smallest absolute Gasteiger partial charge is 0.453 e. The minimum atomic E-state index is -4.78. The second kappa shape index (κ2) is 7.65. The average Bonchev–Trinajstić information content (AvgIpc) is 3.36. The number of imidazole rings is 1. The highest BCUT2D eigenvalue weighted by atomic mass is 19.4. The zero-order valence-corrected chi connectivity index (χ0v) is 16.4. The molecule has 0 atom stereocenters. The quantitative estimate of drug-likeness (QED) is 0.369. The largest absolute Gasteiger partial charge is 0.573 e. The summed E-state index contributed by atoms with van der Waals surface area (Å²) in [6, 6.07) is 17.6. The molecule has 1 aliphatic rings. The van der Waals surface area contributed by atoms with Gasteiger partial charge in [-0.15, -0.1) is 13.2 Å². The summed E-state index contributed by atoms with van der Waals surface area (Å²) < 4.78 is 48.1. The lowest BCUT2D eigenvalue weighted by atomic mass is 9.79. The van der Waals surface area contributed by atoms with Gasteiger partial charge < -0.3 is 14.1 Å². The van der Waals surface area contributed by atoms with Gasteiger partial charge >= 0.3 is 6.36 Å². The third-order valence-corrected chi connectivity index (χ3v) is 5.57. The molecule has 31 heavy (non-hydrogen) atoms. The fraction of sp³-hybridized carbons (Fsp3) is 0.208. The van der Waals surface area contributed by atoms with Crippen LogP contribution < -0.4 is 4.74 Å². The molecular weight excluding hydrogens is 405 g/mol. The lowest BCUT2D eigenvalue weighted by Gasteiger charge is -2.26. The molecule has 4 nitrogen and oxygen atoms in total. The van der Waals surface area contributed by atoms with E-state index in [-0.39, 0.29) is 17.1 Å². The van der Waals surface area contributed by atoms with Gasteiger partial charge in [0.1, 0.15) is 11.5 Å². The second-order valence-corrected chi connectivity index (χ2v) is 7.61. The molecule has 4 aromatic rings. The Kier molecular flexibility index (Phi) is 4.81. The molecule has 0 radical (unpaired) electrons. The Morgan fingerprint density at radius 3 is 2.55 bits per heavy atom. The number of hydrogen-bond donors (Lipinski definition) is 1. The Balaban J connectivity index is 1.41. The predicted octanol–water partition coefficient (Wildman–Crippen LogP) is 7.17. The molecule has 2 heterocycles. The Morgan fingerprint density at radius 1 is 0.968 bits per heavy atom. The summed E-state index contributed by atoms with van der Waals surface area (Å²) in [4.78, 5) is 7.65. The van der Waals surface area contributed by atoms with Crippen LogP contribution in [0.15, 0.2) is 71.3 Å². The molecule has 0 saturated heterocycles. The maximum atomic E-state index is 12.7.